The van der Waals surface area contributed by atoms with Crippen LogP contribution in [0.4, 0.5) is 11.8 Å². The van der Waals surface area contributed by atoms with E-state index in [1.807, 2.05) is 6.92 Å². The van der Waals surface area contributed by atoms with Gasteiger partial charge in [-0.15, -0.1) is 0 Å². The topological polar surface area (TPSA) is 90.3 Å². The number of halogens is 1. The number of aromatic nitrogens is 2. The molecular formula is C10H17ClN4O2. The van der Waals surface area contributed by atoms with E-state index in [0.29, 0.717) is 23.2 Å². The lowest BCUT2D eigenvalue weighted by molar-refractivity contribution is 0.132. The van der Waals surface area contributed by atoms with Crippen LogP contribution in [-0.4, -0.2) is 46.0 Å². The zero-order valence-electron chi connectivity index (χ0n) is 9.87. The van der Waals surface area contributed by atoms with Gasteiger partial charge in [0.05, 0.1) is 24.9 Å². The van der Waals surface area contributed by atoms with Crippen molar-refractivity contribution in [3.05, 3.63) is 11.2 Å². The highest BCUT2D eigenvalue weighted by molar-refractivity contribution is 6.32. The van der Waals surface area contributed by atoms with Crippen LogP contribution >= 0.6 is 11.6 Å². The summed E-state index contributed by atoms with van der Waals surface area (Å²) in [5.74, 6) is 0.800. The fourth-order valence-electron chi connectivity index (χ4n) is 1.27. The summed E-state index contributed by atoms with van der Waals surface area (Å²) in [6, 6.07) is 0. The average molecular weight is 261 g/mol. The molecule has 0 fully saturated rings. The molecule has 0 aliphatic rings. The van der Waals surface area contributed by atoms with Gasteiger partial charge in [0, 0.05) is 7.05 Å². The SMILES string of the molecule is CCC(CO)(CO)Nc1nc(NC)ncc1Cl. The third-order valence-electron chi connectivity index (χ3n) is 2.63. The molecule has 0 aliphatic carbocycles. The smallest absolute Gasteiger partial charge is 0.224 e. The molecular weight excluding hydrogens is 244 g/mol. The van der Waals surface area contributed by atoms with Crippen LogP contribution < -0.4 is 10.6 Å². The van der Waals surface area contributed by atoms with Crippen LogP contribution in [0.1, 0.15) is 13.3 Å². The summed E-state index contributed by atoms with van der Waals surface area (Å²) in [6.07, 6.45) is 1.99. The highest BCUT2D eigenvalue weighted by Gasteiger charge is 2.27. The maximum Gasteiger partial charge on any atom is 0.224 e. The van der Waals surface area contributed by atoms with E-state index in [0.717, 1.165) is 0 Å². The number of hydrogen-bond acceptors (Lipinski definition) is 6. The molecule has 1 aromatic heterocycles. The van der Waals surface area contributed by atoms with Crippen molar-refractivity contribution in [2.75, 3.05) is 30.9 Å². The molecule has 0 amide bonds. The van der Waals surface area contributed by atoms with Gasteiger partial charge >= 0.3 is 0 Å². The maximum atomic E-state index is 9.33. The van der Waals surface area contributed by atoms with Crippen LogP contribution in [0.25, 0.3) is 0 Å². The van der Waals surface area contributed by atoms with Crippen LogP contribution in [0.3, 0.4) is 0 Å². The largest absolute Gasteiger partial charge is 0.394 e. The quantitative estimate of drug-likeness (QED) is 0.603. The van der Waals surface area contributed by atoms with Gasteiger partial charge in [-0.05, 0) is 6.42 Å². The fraction of sp³-hybridized carbons (Fsp3) is 0.600. The first-order valence-corrected chi connectivity index (χ1v) is 5.68. The van der Waals surface area contributed by atoms with Crippen molar-refractivity contribution in [2.45, 2.75) is 18.9 Å². The molecule has 1 aromatic rings. The normalized spacial score (nSPS) is 11.4. The molecule has 1 heterocycles. The number of anilines is 2. The van der Waals surface area contributed by atoms with Crippen LogP contribution in [-0.2, 0) is 0 Å². The lowest BCUT2D eigenvalue weighted by atomic mass is 9.98. The molecule has 0 saturated heterocycles. The zero-order valence-corrected chi connectivity index (χ0v) is 10.6. The van der Waals surface area contributed by atoms with Crippen LogP contribution in [0.2, 0.25) is 5.02 Å². The Morgan fingerprint density at radius 1 is 1.41 bits per heavy atom. The Balaban J connectivity index is 2.99. The van der Waals surface area contributed by atoms with Crippen molar-refractivity contribution in [2.24, 2.45) is 0 Å². The Kier molecular flexibility index (Phi) is 4.92. The first kappa shape index (κ1) is 14.0. The van der Waals surface area contributed by atoms with Gasteiger partial charge in [0.2, 0.25) is 5.95 Å². The molecule has 0 unspecified atom stereocenters. The molecule has 0 bridgehead atoms. The van der Waals surface area contributed by atoms with E-state index in [4.69, 9.17) is 11.6 Å². The summed E-state index contributed by atoms with van der Waals surface area (Å²) in [5.41, 5.74) is -0.830. The summed E-state index contributed by atoms with van der Waals surface area (Å²) in [4.78, 5) is 8.08. The van der Waals surface area contributed by atoms with Gasteiger partial charge in [0.15, 0.2) is 5.82 Å². The molecule has 0 saturated carbocycles. The van der Waals surface area contributed by atoms with Gasteiger partial charge in [-0.3, -0.25) is 0 Å². The Morgan fingerprint density at radius 3 is 2.53 bits per heavy atom. The minimum absolute atomic E-state index is 0.213. The third kappa shape index (κ3) is 3.18. The molecule has 4 N–H and O–H groups in total. The average Bonchev–Trinajstić information content (AvgIpc) is 2.38. The van der Waals surface area contributed by atoms with Crippen molar-refractivity contribution in [1.29, 1.82) is 0 Å². The molecule has 7 heteroatoms. The lowest BCUT2D eigenvalue weighted by Crippen LogP contribution is -2.45. The third-order valence-corrected chi connectivity index (χ3v) is 2.91. The molecule has 0 spiro atoms. The zero-order chi connectivity index (χ0) is 12.9. The second kappa shape index (κ2) is 6.00. The predicted octanol–water partition coefficient (Wildman–Crippen LogP) is 0.717. The molecule has 0 atom stereocenters. The molecule has 0 radical (unpaired) electrons. The first-order chi connectivity index (χ1) is 8.10. The molecule has 1 rings (SSSR count). The minimum atomic E-state index is -0.830. The number of nitrogens with one attached hydrogen (secondary N) is 2. The predicted molar refractivity (Wildman–Crippen MR) is 67.4 cm³/mol. The van der Waals surface area contributed by atoms with Gasteiger partial charge in [-0.2, -0.15) is 4.98 Å². The highest BCUT2D eigenvalue weighted by atomic mass is 35.5. The second-order valence-corrected chi connectivity index (χ2v) is 4.12. The Bertz CT molecular complexity index is 363. The summed E-state index contributed by atoms with van der Waals surface area (Å²) in [5, 5.41) is 24.7. The van der Waals surface area contributed by atoms with Crippen molar-refractivity contribution in [1.82, 2.24) is 9.97 Å². The second-order valence-electron chi connectivity index (χ2n) is 3.72. The van der Waals surface area contributed by atoms with Crippen molar-refractivity contribution < 1.29 is 10.2 Å². The van der Waals surface area contributed by atoms with Gasteiger partial charge < -0.3 is 20.8 Å². The summed E-state index contributed by atoms with van der Waals surface area (Å²) >= 11 is 5.95. The van der Waals surface area contributed by atoms with Gasteiger partial charge in [0.25, 0.3) is 0 Å². The van der Waals surface area contributed by atoms with E-state index < -0.39 is 5.54 Å². The molecule has 17 heavy (non-hydrogen) atoms. The summed E-state index contributed by atoms with van der Waals surface area (Å²) < 4.78 is 0. The Morgan fingerprint density at radius 2 is 2.06 bits per heavy atom. The fourth-order valence-corrected chi connectivity index (χ4v) is 1.41. The molecule has 0 aromatic carbocycles. The van der Waals surface area contributed by atoms with E-state index in [-0.39, 0.29) is 13.2 Å². The minimum Gasteiger partial charge on any atom is -0.394 e. The van der Waals surface area contributed by atoms with Crippen LogP contribution in [0.15, 0.2) is 6.20 Å². The van der Waals surface area contributed by atoms with Gasteiger partial charge in [-0.1, -0.05) is 18.5 Å². The first-order valence-electron chi connectivity index (χ1n) is 5.31. The van der Waals surface area contributed by atoms with Crippen LogP contribution in [0, 0.1) is 0 Å². The standard InChI is InChI=1S/C10H17ClN4O2/c1-3-10(5-16,6-17)15-8-7(11)4-13-9(12-2)14-8/h4,16-17H,3,5-6H2,1-2H3,(H2,12,13,14,15). The number of nitrogens with zero attached hydrogens (tertiary/aromatic N) is 2. The maximum absolute atomic E-state index is 9.33. The van der Waals surface area contributed by atoms with E-state index in [2.05, 4.69) is 20.6 Å². The van der Waals surface area contributed by atoms with Crippen molar-refractivity contribution >= 4 is 23.4 Å². The van der Waals surface area contributed by atoms with Gasteiger partial charge in [-0.25, -0.2) is 4.98 Å². The molecule has 6 nitrogen and oxygen atoms in total. The van der Waals surface area contributed by atoms with Crippen molar-refractivity contribution in [3.63, 3.8) is 0 Å². The highest BCUT2D eigenvalue weighted by Crippen LogP contribution is 2.24. The summed E-state index contributed by atoms with van der Waals surface area (Å²) in [7, 11) is 1.69. The number of rotatable bonds is 6. The van der Waals surface area contributed by atoms with Crippen molar-refractivity contribution in [3.8, 4) is 0 Å². The monoisotopic (exact) mass is 260 g/mol. The Labute approximate surface area is 105 Å². The van der Waals surface area contributed by atoms with E-state index in [1.165, 1.54) is 6.20 Å². The van der Waals surface area contributed by atoms with Crippen LogP contribution in [0.5, 0.6) is 0 Å². The van der Waals surface area contributed by atoms with E-state index in [1.54, 1.807) is 7.05 Å². The molecule has 0 aliphatic heterocycles. The number of aliphatic hydroxyl groups excluding tert-OH is 2. The Hall–Kier alpha value is -1.11. The van der Waals surface area contributed by atoms with Gasteiger partial charge in [0.1, 0.15) is 5.02 Å². The molecule has 96 valence electrons. The van der Waals surface area contributed by atoms with E-state index >= 15 is 0 Å². The number of aliphatic hydroxyl groups is 2. The summed E-state index contributed by atoms with van der Waals surface area (Å²) in [6.45, 7) is 1.43. The number of hydrogen-bond donors (Lipinski definition) is 4. The lowest BCUT2D eigenvalue weighted by Gasteiger charge is -2.30. The van der Waals surface area contributed by atoms with E-state index in [9.17, 15) is 10.2 Å².